The van der Waals surface area contributed by atoms with Crippen LogP contribution in [0.1, 0.15) is 37.2 Å². The lowest BCUT2D eigenvalue weighted by molar-refractivity contribution is -0.121. The van der Waals surface area contributed by atoms with E-state index >= 15 is 0 Å². The highest BCUT2D eigenvalue weighted by molar-refractivity contribution is 5.75. The first kappa shape index (κ1) is 16.6. The van der Waals surface area contributed by atoms with Crippen LogP contribution in [-0.2, 0) is 24.3 Å². The molecular formula is C16H25N7O. The summed E-state index contributed by atoms with van der Waals surface area (Å²) in [6, 6.07) is 2.02. The van der Waals surface area contributed by atoms with Gasteiger partial charge in [0.1, 0.15) is 18.7 Å². The van der Waals surface area contributed by atoms with Gasteiger partial charge in [0.2, 0.25) is 5.91 Å². The smallest absolute Gasteiger partial charge is 0.241 e. The predicted octanol–water partition coefficient (Wildman–Crippen LogP) is 0.320. The number of piperidine rings is 1. The fraction of sp³-hybridized carbons (Fsp3) is 0.625. The Kier molecular flexibility index (Phi) is 5.58. The van der Waals surface area contributed by atoms with Crippen molar-refractivity contribution in [1.82, 2.24) is 35.2 Å². The summed E-state index contributed by atoms with van der Waals surface area (Å²) >= 11 is 0. The van der Waals surface area contributed by atoms with Gasteiger partial charge in [0.05, 0.1) is 5.69 Å². The van der Waals surface area contributed by atoms with Crippen molar-refractivity contribution < 1.29 is 4.79 Å². The summed E-state index contributed by atoms with van der Waals surface area (Å²) in [7, 11) is 0. The summed E-state index contributed by atoms with van der Waals surface area (Å²) in [6.07, 6.45) is 6.62. The molecule has 1 aliphatic heterocycles. The summed E-state index contributed by atoms with van der Waals surface area (Å²) in [5, 5.41) is 18.8. The summed E-state index contributed by atoms with van der Waals surface area (Å²) in [6.45, 7) is 5.75. The van der Waals surface area contributed by atoms with Crippen LogP contribution in [0.25, 0.3) is 0 Å². The first-order valence-electron chi connectivity index (χ1n) is 8.63. The van der Waals surface area contributed by atoms with Gasteiger partial charge in [0, 0.05) is 38.2 Å². The third kappa shape index (κ3) is 4.19. The Morgan fingerprint density at radius 3 is 3.21 bits per heavy atom. The highest BCUT2D eigenvalue weighted by Gasteiger charge is 2.17. The molecule has 2 aromatic rings. The van der Waals surface area contributed by atoms with Crippen molar-refractivity contribution in [2.75, 3.05) is 19.6 Å². The minimum Gasteiger partial charge on any atom is -0.354 e. The largest absolute Gasteiger partial charge is 0.354 e. The molecule has 8 nitrogen and oxygen atoms in total. The van der Waals surface area contributed by atoms with E-state index in [9.17, 15) is 4.79 Å². The molecule has 1 fully saturated rings. The van der Waals surface area contributed by atoms with Crippen molar-refractivity contribution in [2.24, 2.45) is 0 Å². The normalized spacial score (nSPS) is 17.8. The third-order valence-corrected chi connectivity index (χ3v) is 4.39. The average Bonchev–Trinajstić information content (AvgIpc) is 3.25. The molecule has 0 bridgehead atoms. The Bertz CT molecular complexity index is 657. The first-order chi connectivity index (χ1) is 11.8. The molecule has 0 aliphatic carbocycles. The van der Waals surface area contributed by atoms with Gasteiger partial charge in [-0.25, -0.2) is 0 Å². The van der Waals surface area contributed by atoms with Gasteiger partial charge in [-0.1, -0.05) is 0 Å². The highest BCUT2D eigenvalue weighted by Crippen LogP contribution is 2.21. The number of nitrogens with one attached hydrogen (secondary N) is 2. The van der Waals surface area contributed by atoms with Gasteiger partial charge in [0.25, 0.3) is 0 Å². The van der Waals surface area contributed by atoms with E-state index in [-0.39, 0.29) is 12.5 Å². The van der Waals surface area contributed by atoms with E-state index < -0.39 is 0 Å². The molecule has 0 spiro atoms. The van der Waals surface area contributed by atoms with E-state index in [1.54, 1.807) is 11.0 Å². The number of carbonyl (C=O) groups excluding carboxylic acids is 1. The molecule has 1 atom stereocenters. The lowest BCUT2D eigenvalue weighted by atomic mass is 9.97. The van der Waals surface area contributed by atoms with Crippen molar-refractivity contribution in [3.8, 4) is 0 Å². The molecule has 0 saturated carbocycles. The van der Waals surface area contributed by atoms with E-state index in [1.165, 1.54) is 6.42 Å². The van der Waals surface area contributed by atoms with Crippen molar-refractivity contribution in [1.29, 1.82) is 0 Å². The standard InChI is InChI=1S/C16H25N7O/c1-2-22-12-19-20-15(22)5-8-18-16(24)11-23-9-6-14(21-23)13-4-3-7-17-10-13/h6,9,12-13,17H,2-5,7-8,10-11H2,1H3,(H,18,24). The zero-order chi connectivity index (χ0) is 16.8. The van der Waals surface area contributed by atoms with Crippen LogP contribution in [0.2, 0.25) is 0 Å². The van der Waals surface area contributed by atoms with Crippen molar-refractivity contribution in [2.45, 2.75) is 45.2 Å². The molecule has 1 unspecified atom stereocenters. The van der Waals surface area contributed by atoms with Crippen molar-refractivity contribution >= 4 is 5.91 Å². The molecule has 3 rings (SSSR count). The highest BCUT2D eigenvalue weighted by atomic mass is 16.2. The number of nitrogens with zero attached hydrogens (tertiary/aromatic N) is 5. The third-order valence-electron chi connectivity index (χ3n) is 4.39. The monoisotopic (exact) mass is 331 g/mol. The molecule has 2 N–H and O–H groups in total. The second kappa shape index (κ2) is 8.05. The minimum absolute atomic E-state index is 0.0333. The lowest BCUT2D eigenvalue weighted by Crippen LogP contribution is -2.30. The lowest BCUT2D eigenvalue weighted by Gasteiger charge is -2.20. The quantitative estimate of drug-likeness (QED) is 0.763. The Balaban J connectivity index is 1.44. The van der Waals surface area contributed by atoms with Gasteiger partial charge in [-0.2, -0.15) is 5.10 Å². The maximum absolute atomic E-state index is 12.1. The summed E-state index contributed by atoms with van der Waals surface area (Å²) < 4.78 is 3.69. The Morgan fingerprint density at radius 1 is 1.50 bits per heavy atom. The van der Waals surface area contributed by atoms with Crippen LogP contribution in [-0.4, -0.2) is 50.1 Å². The Hall–Kier alpha value is -2.22. The number of aromatic nitrogens is 5. The van der Waals surface area contributed by atoms with Crippen LogP contribution in [0.4, 0.5) is 0 Å². The minimum atomic E-state index is -0.0333. The Labute approximate surface area is 141 Å². The second-order valence-corrected chi connectivity index (χ2v) is 6.11. The molecule has 0 radical (unpaired) electrons. The number of aryl methyl sites for hydroxylation is 1. The summed E-state index contributed by atoms with van der Waals surface area (Å²) in [5.74, 6) is 1.32. The molecule has 0 aromatic carbocycles. The van der Waals surface area contributed by atoms with Crippen LogP contribution in [0, 0.1) is 0 Å². The van der Waals surface area contributed by atoms with Crippen molar-refractivity contribution in [3.63, 3.8) is 0 Å². The number of hydrogen-bond donors (Lipinski definition) is 2. The van der Waals surface area contributed by atoms with E-state index in [4.69, 9.17) is 0 Å². The maximum Gasteiger partial charge on any atom is 0.241 e. The van der Waals surface area contributed by atoms with Gasteiger partial charge in [-0.3, -0.25) is 9.48 Å². The Morgan fingerprint density at radius 2 is 2.42 bits per heavy atom. The van der Waals surface area contributed by atoms with E-state index in [2.05, 4.69) is 25.9 Å². The fourth-order valence-electron chi connectivity index (χ4n) is 3.04. The molecule has 1 aliphatic rings. The van der Waals surface area contributed by atoms with E-state index in [0.29, 0.717) is 18.9 Å². The average molecular weight is 331 g/mol. The SMILES string of the molecule is CCn1cnnc1CCNC(=O)Cn1ccc(C2CCCNC2)n1. The van der Waals surface area contributed by atoms with E-state index in [1.807, 2.05) is 23.8 Å². The number of carbonyl (C=O) groups is 1. The van der Waals surface area contributed by atoms with Crippen LogP contribution in [0.15, 0.2) is 18.6 Å². The summed E-state index contributed by atoms with van der Waals surface area (Å²) in [5.41, 5.74) is 1.08. The van der Waals surface area contributed by atoms with Crippen LogP contribution in [0.5, 0.6) is 0 Å². The van der Waals surface area contributed by atoms with E-state index in [0.717, 1.165) is 37.6 Å². The molecule has 24 heavy (non-hydrogen) atoms. The topological polar surface area (TPSA) is 89.7 Å². The molecule has 8 heteroatoms. The number of amides is 1. The van der Waals surface area contributed by atoms with Crippen LogP contribution < -0.4 is 10.6 Å². The molecule has 130 valence electrons. The van der Waals surface area contributed by atoms with Gasteiger partial charge in [0.15, 0.2) is 0 Å². The van der Waals surface area contributed by atoms with Gasteiger partial charge >= 0.3 is 0 Å². The molecule has 1 amide bonds. The zero-order valence-electron chi connectivity index (χ0n) is 14.1. The van der Waals surface area contributed by atoms with Crippen LogP contribution in [0.3, 0.4) is 0 Å². The molecule has 2 aromatic heterocycles. The predicted molar refractivity (Wildman–Crippen MR) is 89.5 cm³/mol. The summed E-state index contributed by atoms with van der Waals surface area (Å²) in [4.78, 5) is 12.1. The second-order valence-electron chi connectivity index (χ2n) is 6.11. The molecule has 1 saturated heterocycles. The first-order valence-corrected chi connectivity index (χ1v) is 8.63. The van der Waals surface area contributed by atoms with Gasteiger partial charge in [-0.15, -0.1) is 10.2 Å². The van der Waals surface area contributed by atoms with Gasteiger partial charge in [-0.05, 0) is 32.4 Å². The fourth-order valence-corrected chi connectivity index (χ4v) is 3.04. The van der Waals surface area contributed by atoms with Gasteiger partial charge < -0.3 is 15.2 Å². The molecular weight excluding hydrogens is 306 g/mol. The number of hydrogen-bond acceptors (Lipinski definition) is 5. The van der Waals surface area contributed by atoms with Crippen molar-refractivity contribution in [3.05, 3.63) is 30.1 Å². The number of rotatable bonds is 7. The molecule has 3 heterocycles. The maximum atomic E-state index is 12.1. The van der Waals surface area contributed by atoms with Crippen LogP contribution >= 0.6 is 0 Å². The zero-order valence-corrected chi connectivity index (χ0v) is 14.1.